The van der Waals surface area contributed by atoms with Crippen LogP contribution in [-0.4, -0.2) is 33.5 Å². The Labute approximate surface area is 123 Å². The SMILES string of the molecule is CC(C)OC(=O)NS(=O)(=O)N(C)c1ccc(C(=N)N)cc1. The summed E-state index contributed by atoms with van der Waals surface area (Å²) < 4.78 is 31.4. The minimum Gasteiger partial charge on any atom is -0.446 e. The molecule has 0 saturated carbocycles. The summed E-state index contributed by atoms with van der Waals surface area (Å²) in [6, 6.07) is 5.97. The second-order valence-corrected chi connectivity index (χ2v) is 6.19. The second-order valence-electron chi connectivity index (χ2n) is 4.49. The fraction of sp³-hybridized carbons (Fsp3) is 0.333. The Morgan fingerprint density at radius 3 is 2.29 bits per heavy atom. The monoisotopic (exact) mass is 314 g/mol. The Balaban J connectivity index is 2.88. The number of rotatable bonds is 5. The largest absolute Gasteiger partial charge is 0.446 e. The van der Waals surface area contributed by atoms with E-state index in [2.05, 4.69) is 0 Å². The number of amidine groups is 1. The molecule has 0 aliphatic carbocycles. The summed E-state index contributed by atoms with van der Waals surface area (Å²) in [6.45, 7) is 3.22. The van der Waals surface area contributed by atoms with Crippen LogP contribution >= 0.6 is 0 Å². The third-order valence-electron chi connectivity index (χ3n) is 2.46. The summed E-state index contributed by atoms with van der Waals surface area (Å²) >= 11 is 0. The molecule has 1 aromatic rings. The van der Waals surface area contributed by atoms with Gasteiger partial charge in [0.15, 0.2) is 0 Å². The maximum atomic E-state index is 12.0. The van der Waals surface area contributed by atoms with Crippen LogP contribution in [0.1, 0.15) is 19.4 Å². The van der Waals surface area contributed by atoms with Crippen LogP contribution < -0.4 is 14.8 Å². The molecule has 0 saturated heterocycles. The third kappa shape index (κ3) is 4.63. The molecule has 1 amide bonds. The van der Waals surface area contributed by atoms with Crippen LogP contribution in [0.5, 0.6) is 0 Å². The molecule has 0 aliphatic rings. The molecule has 1 rings (SSSR count). The van der Waals surface area contributed by atoms with Gasteiger partial charge in [-0.3, -0.25) is 9.71 Å². The van der Waals surface area contributed by atoms with E-state index in [1.54, 1.807) is 18.6 Å². The number of nitrogens with two attached hydrogens (primary N) is 1. The van der Waals surface area contributed by atoms with Crippen molar-refractivity contribution in [3.8, 4) is 0 Å². The van der Waals surface area contributed by atoms with Gasteiger partial charge in [-0.1, -0.05) is 0 Å². The molecule has 0 spiro atoms. The summed E-state index contributed by atoms with van der Waals surface area (Å²) in [5.41, 5.74) is 6.10. The quantitative estimate of drug-likeness (QED) is 0.547. The van der Waals surface area contributed by atoms with Crippen molar-refractivity contribution in [3.05, 3.63) is 29.8 Å². The van der Waals surface area contributed by atoms with Crippen LogP contribution in [-0.2, 0) is 14.9 Å². The lowest BCUT2D eigenvalue weighted by molar-refractivity contribution is 0.121. The Bertz CT molecular complexity index is 625. The summed E-state index contributed by atoms with van der Waals surface area (Å²) in [5.74, 6) is -0.120. The van der Waals surface area contributed by atoms with Gasteiger partial charge in [-0.25, -0.2) is 9.52 Å². The zero-order valence-electron chi connectivity index (χ0n) is 12.0. The van der Waals surface area contributed by atoms with Crippen molar-refractivity contribution in [2.24, 2.45) is 5.73 Å². The fourth-order valence-corrected chi connectivity index (χ4v) is 2.20. The molecule has 0 aromatic heterocycles. The normalized spacial score (nSPS) is 11.0. The van der Waals surface area contributed by atoms with Gasteiger partial charge in [0, 0.05) is 12.6 Å². The first-order valence-corrected chi connectivity index (χ1v) is 7.49. The molecule has 0 heterocycles. The number of carbonyl (C=O) groups is 1. The number of anilines is 1. The average molecular weight is 314 g/mol. The van der Waals surface area contributed by atoms with Crippen LogP contribution in [0.15, 0.2) is 24.3 Å². The summed E-state index contributed by atoms with van der Waals surface area (Å²) in [7, 11) is -2.78. The number of hydrogen-bond acceptors (Lipinski definition) is 5. The first kappa shape index (κ1) is 16.8. The van der Waals surface area contributed by atoms with Gasteiger partial charge in [0.05, 0.1) is 11.8 Å². The Morgan fingerprint density at radius 2 is 1.86 bits per heavy atom. The van der Waals surface area contributed by atoms with E-state index >= 15 is 0 Å². The number of nitrogens with zero attached hydrogens (tertiary/aromatic N) is 1. The molecule has 4 N–H and O–H groups in total. The smallest absolute Gasteiger partial charge is 0.422 e. The predicted molar refractivity (Wildman–Crippen MR) is 79.5 cm³/mol. The zero-order chi connectivity index (χ0) is 16.2. The highest BCUT2D eigenvalue weighted by atomic mass is 32.2. The van der Waals surface area contributed by atoms with Gasteiger partial charge in [-0.15, -0.1) is 0 Å². The van der Waals surface area contributed by atoms with Gasteiger partial charge in [0.25, 0.3) is 0 Å². The maximum Gasteiger partial charge on any atom is 0.422 e. The third-order valence-corrected chi connectivity index (χ3v) is 3.81. The molecule has 0 aliphatic heterocycles. The lowest BCUT2D eigenvalue weighted by Crippen LogP contribution is -2.42. The number of ether oxygens (including phenoxy) is 1. The maximum absolute atomic E-state index is 12.0. The molecule has 0 bridgehead atoms. The van der Waals surface area contributed by atoms with E-state index in [-0.39, 0.29) is 5.84 Å². The van der Waals surface area contributed by atoms with Crippen LogP contribution in [0, 0.1) is 5.41 Å². The molecule has 0 unspecified atom stereocenters. The van der Waals surface area contributed by atoms with Crippen molar-refractivity contribution in [2.75, 3.05) is 11.4 Å². The van der Waals surface area contributed by atoms with E-state index in [9.17, 15) is 13.2 Å². The van der Waals surface area contributed by atoms with Gasteiger partial charge >= 0.3 is 16.3 Å². The lowest BCUT2D eigenvalue weighted by atomic mass is 10.2. The molecular formula is C12H18N4O4S. The lowest BCUT2D eigenvalue weighted by Gasteiger charge is -2.20. The van der Waals surface area contributed by atoms with Gasteiger partial charge in [-0.2, -0.15) is 8.42 Å². The van der Waals surface area contributed by atoms with E-state index < -0.39 is 22.4 Å². The zero-order valence-corrected chi connectivity index (χ0v) is 12.8. The number of nitrogens with one attached hydrogen (secondary N) is 2. The van der Waals surface area contributed by atoms with Crippen LogP contribution in [0.4, 0.5) is 10.5 Å². The molecule has 0 fully saturated rings. The highest BCUT2D eigenvalue weighted by molar-refractivity contribution is 7.91. The van der Waals surface area contributed by atoms with Crippen LogP contribution in [0.2, 0.25) is 0 Å². The topological polar surface area (TPSA) is 126 Å². The Kier molecular flexibility index (Phi) is 5.14. The van der Waals surface area contributed by atoms with Crippen molar-refractivity contribution >= 4 is 27.8 Å². The molecular weight excluding hydrogens is 296 g/mol. The van der Waals surface area contributed by atoms with E-state index in [4.69, 9.17) is 15.9 Å². The number of nitrogen functional groups attached to an aromatic ring is 1. The number of amides is 1. The van der Waals surface area contributed by atoms with E-state index in [0.29, 0.717) is 11.3 Å². The molecule has 21 heavy (non-hydrogen) atoms. The summed E-state index contributed by atoms with van der Waals surface area (Å²) in [6.07, 6.45) is -1.47. The van der Waals surface area contributed by atoms with E-state index in [1.165, 1.54) is 31.3 Å². The highest BCUT2D eigenvalue weighted by Crippen LogP contribution is 2.16. The first-order chi connectivity index (χ1) is 9.63. The van der Waals surface area contributed by atoms with Gasteiger partial charge in [0.2, 0.25) is 0 Å². The summed E-state index contributed by atoms with van der Waals surface area (Å²) in [5, 5.41) is 7.27. The van der Waals surface area contributed by atoms with Crippen LogP contribution in [0.25, 0.3) is 0 Å². The number of hydrogen-bond donors (Lipinski definition) is 3. The Morgan fingerprint density at radius 1 is 1.33 bits per heavy atom. The molecule has 9 heteroatoms. The van der Waals surface area contributed by atoms with Gasteiger partial charge in [-0.05, 0) is 38.1 Å². The van der Waals surface area contributed by atoms with Crippen LogP contribution in [0.3, 0.4) is 0 Å². The molecule has 1 aromatic carbocycles. The number of carbonyl (C=O) groups excluding carboxylic acids is 1. The summed E-state index contributed by atoms with van der Waals surface area (Å²) in [4.78, 5) is 11.4. The average Bonchev–Trinajstić information content (AvgIpc) is 2.36. The minimum atomic E-state index is -4.07. The molecule has 116 valence electrons. The second kappa shape index (κ2) is 6.44. The predicted octanol–water partition coefficient (Wildman–Crippen LogP) is 0.786. The van der Waals surface area contributed by atoms with Gasteiger partial charge < -0.3 is 10.5 Å². The van der Waals surface area contributed by atoms with Crippen molar-refractivity contribution < 1.29 is 17.9 Å². The minimum absolute atomic E-state index is 0.120. The molecule has 8 nitrogen and oxygen atoms in total. The van der Waals surface area contributed by atoms with Crippen molar-refractivity contribution in [2.45, 2.75) is 20.0 Å². The van der Waals surface area contributed by atoms with Crippen molar-refractivity contribution in [3.63, 3.8) is 0 Å². The highest BCUT2D eigenvalue weighted by Gasteiger charge is 2.22. The molecule has 0 atom stereocenters. The van der Waals surface area contributed by atoms with Crippen molar-refractivity contribution in [1.82, 2.24) is 4.72 Å². The number of benzene rings is 1. The fourth-order valence-electron chi connectivity index (χ4n) is 1.40. The molecule has 0 radical (unpaired) electrons. The standard InChI is InChI=1S/C12H18N4O4S/c1-8(2)20-12(17)15-21(18,19)16(3)10-6-4-9(5-7-10)11(13)14/h4-8H,1-3H3,(H3,13,14)(H,15,17). The van der Waals surface area contributed by atoms with Gasteiger partial charge in [0.1, 0.15) is 5.84 Å². The van der Waals surface area contributed by atoms with E-state index in [0.717, 1.165) is 4.31 Å². The van der Waals surface area contributed by atoms with E-state index in [1.807, 2.05) is 0 Å². The van der Waals surface area contributed by atoms with Crippen molar-refractivity contribution in [1.29, 1.82) is 5.41 Å². The first-order valence-electron chi connectivity index (χ1n) is 6.05. The Hall–Kier alpha value is -2.29.